The van der Waals surface area contributed by atoms with E-state index in [0.717, 1.165) is 41.1 Å². The lowest BCUT2D eigenvalue weighted by atomic mass is 9.94. The topological polar surface area (TPSA) is 52.7 Å². The van der Waals surface area contributed by atoms with Crippen LogP contribution in [0, 0.1) is 8.99 Å². The summed E-state index contributed by atoms with van der Waals surface area (Å²) in [7, 11) is 0. The van der Waals surface area contributed by atoms with Gasteiger partial charge in [-0.15, -0.1) is 0 Å². The van der Waals surface area contributed by atoms with Crippen LogP contribution in [-0.4, -0.2) is 42.9 Å². The molecule has 6 heteroatoms. The molecule has 1 aliphatic rings. The summed E-state index contributed by atoms with van der Waals surface area (Å²) >= 11 is 2.17. The summed E-state index contributed by atoms with van der Waals surface area (Å²) in [5, 5.41) is 2.95. The minimum atomic E-state index is -0.335. The molecule has 0 bridgehead atoms. The van der Waals surface area contributed by atoms with Crippen molar-refractivity contribution in [2.24, 2.45) is 5.41 Å². The quantitative estimate of drug-likeness (QED) is 0.654. The van der Waals surface area contributed by atoms with E-state index in [9.17, 15) is 9.59 Å². The van der Waals surface area contributed by atoms with Gasteiger partial charge in [0.05, 0.1) is 5.56 Å². The Hall–Kier alpha value is -2.09. The Labute approximate surface area is 180 Å². The van der Waals surface area contributed by atoms with Crippen LogP contribution in [0.25, 0.3) is 0 Å². The summed E-state index contributed by atoms with van der Waals surface area (Å²) in [6.07, 6.45) is 0. The molecule has 5 nitrogen and oxygen atoms in total. The number of carbonyl (C=O) groups excluding carboxylic acids is 2. The van der Waals surface area contributed by atoms with E-state index in [-0.39, 0.29) is 17.2 Å². The number of nitrogens with zero attached hydrogens (tertiary/aromatic N) is 2. The number of benzene rings is 2. The molecule has 0 aromatic heterocycles. The normalized spacial score (nSPS) is 14.7. The summed E-state index contributed by atoms with van der Waals surface area (Å²) < 4.78 is 0.928. The van der Waals surface area contributed by atoms with Crippen LogP contribution in [0.4, 0.5) is 11.4 Å². The first-order valence-corrected chi connectivity index (χ1v) is 10.5. The van der Waals surface area contributed by atoms with Crippen molar-refractivity contribution in [1.29, 1.82) is 0 Å². The molecule has 0 radical (unpaired) electrons. The summed E-state index contributed by atoms with van der Waals surface area (Å²) in [6, 6.07) is 15.4. The average Bonchev–Trinajstić information content (AvgIpc) is 2.68. The Bertz CT molecular complexity index is 851. The first-order chi connectivity index (χ1) is 13.3. The Morgan fingerprint density at radius 2 is 1.54 bits per heavy atom. The molecular weight excluding hydrogens is 465 g/mol. The van der Waals surface area contributed by atoms with Crippen LogP contribution in [0.5, 0.6) is 0 Å². The predicted molar refractivity (Wildman–Crippen MR) is 122 cm³/mol. The highest BCUT2D eigenvalue weighted by Crippen LogP contribution is 2.23. The molecule has 1 saturated heterocycles. The lowest BCUT2D eigenvalue weighted by molar-refractivity contribution is -0.139. The van der Waals surface area contributed by atoms with Crippen molar-refractivity contribution in [2.75, 3.05) is 36.4 Å². The van der Waals surface area contributed by atoms with Crippen LogP contribution in [0.15, 0.2) is 48.5 Å². The number of anilines is 2. The minimum absolute atomic E-state index is 0.105. The van der Waals surface area contributed by atoms with Gasteiger partial charge in [0, 0.05) is 46.5 Å². The smallest absolute Gasteiger partial charge is 0.256 e. The number of halogens is 1. The van der Waals surface area contributed by atoms with E-state index < -0.39 is 0 Å². The highest BCUT2D eigenvalue weighted by Gasteiger charge is 2.29. The number of hydrogen-bond donors (Lipinski definition) is 1. The second-order valence-electron chi connectivity index (χ2n) is 8.01. The van der Waals surface area contributed by atoms with Crippen molar-refractivity contribution < 1.29 is 9.59 Å². The van der Waals surface area contributed by atoms with E-state index in [1.54, 1.807) is 0 Å². The Morgan fingerprint density at radius 3 is 2.11 bits per heavy atom. The molecular formula is C22H26IN3O2. The van der Waals surface area contributed by atoms with Crippen LogP contribution in [0.2, 0.25) is 0 Å². The SMILES string of the molecule is CC(C)(C)C(=O)N1CCN(c2ccc(NC(=O)c3ccccc3I)cc2)CC1. The monoisotopic (exact) mass is 491 g/mol. The third-order valence-corrected chi connectivity index (χ3v) is 5.76. The fourth-order valence-electron chi connectivity index (χ4n) is 3.24. The van der Waals surface area contributed by atoms with Crippen LogP contribution >= 0.6 is 22.6 Å². The van der Waals surface area contributed by atoms with Gasteiger partial charge in [-0.1, -0.05) is 32.9 Å². The molecule has 0 spiro atoms. The standard InChI is InChI=1S/C22H26IN3O2/c1-22(2,3)21(28)26-14-12-25(13-15-26)17-10-8-16(9-11-17)24-20(27)18-6-4-5-7-19(18)23/h4-11H,12-15H2,1-3H3,(H,24,27). The lowest BCUT2D eigenvalue weighted by Crippen LogP contribution is -2.51. The molecule has 2 aromatic carbocycles. The Kier molecular flexibility index (Phi) is 6.27. The van der Waals surface area contributed by atoms with Crippen LogP contribution in [0.1, 0.15) is 31.1 Å². The first-order valence-electron chi connectivity index (χ1n) is 9.46. The van der Waals surface area contributed by atoms with Crippen LogP contribution in [-0.2, 0) is 4.79 Å². The summed E-state index contributed by atoms with van der Waals surface area (Å²) in [5.41, 5.74) is 2.22. The summed E-state index contributed by atoms with van der Waals surface area (Å²) in [6.45, 7) is 9.00. The molecule has 0 unspecified atom stereocenters. The zero-order chi connectivity index (χ0) is 20.3. The molecule has 1 N–H and O–H groups in total. The van der Waals surface area contributed by atoms with Gasteiger partial charge < -0.3 is 15.1 Å². The van der Waals surface area contributed by atoms with Crippen molar-refractivity contribution in [3.8, 4) is 0 Å². The molecule has 148 valence electrons. The van der Waals surface area contributed by atoms with E-state index >= 15 is 0 Å². The fraction of sp³-hybridized carbons (Fsp3) is 0.364. The maximum atomic E-state index is 12.4. The largest absolute Gasteiger partial charge is 0.368 e. The Morgan fingerprint density at radius 1 is 0.929 bits per heavy atom. The first kappa shape index (κ1) is 20.6. The Balaban J connectivity index is 1.59. The molecule has 2 amide bonds. The molecule has 0 saturated carbocycles. The minimum Gasteiger partial charge on any atom is -0.368 e. The van der Waals surface area contributed by atoms with Gasteiger partial charge in [0.2, 0.25) is 5.91 Å². The van der Waals surface area contributed by atoms with E-state index in [1.165, 1.54) is 0 Å². The van der Waals surface area contributed by atoms with Gasteiger partial charge in [-0.3, -0.25) is 9.59 Å². The average molecular weight is 491 g/mol. The zero-order valence-corrected chi connectivity index (χ0v) is 18.7. The van der Waals surface area contributed by atoms with Gasteiger partial charge in [-0.2, -0.15) is 0 Å². The van der Waals surface area contributed by atoms with Crippen molar-refractivity contribution in [1.82, 2.24) is 4.90 Å². The highest BCUT2D eigenvalue weighted by molar-refractivity contribution is 14.1. The lowest BCUT2D eigenvalue weighted by Gasteiger charge is -2.38. The molecule has 1 aliphatic heterocycles. The van der Waals surface area contributed by atoms with Crippen molar-refractivity contribution >= 4 is 45.8 Å². The van der Waals surface area contributed by atoms with Crippen molar-refractivity contribution in [2.45, 2.75) is 20.8 Å². The summed E-state index contributed by atoms with van der Waals surface area (Å²) in [5.74, 6) is 0.104. The van der Waals surface area contributed by atoms with E-state index in [1.807, 2.05) is 74.2 Å². The predicted octanol–water partition coefficient (Wildman–Crippen LogP) is 4.24. The molecule has 0 aliphatic carbocycles. The number of amides is 2. The second-order valence-corrected chi connectivity index (χ2v) is 9.17. The third kappa shape index (κ3) is 4.84. The van der Waals surface area contributed by atoms with Gasteiger partial charge in [0.25, 0.3) is 5.91 Å². The van der Waals surface area contributed by atoms with Gasteiger partial charge >= 0.3 is 0 Å². The zero-order valence-electron chi connectivity index (χ0n) is 16.5. The van der Waals surface area contributed by atoms with E-state index in [4.69, 9.17) is 0 Å². The molecule has 28 heavy (non-hydrogen) atoms. The van der Waals surface area contributed by atoms with E-state index in [0.29, 0.717) is 5.56 Å². The van der Waals surface area contributed by atoms with Gasteiger partial charge in [0.15, 0.2) is 0 Å². The third-order valence-electron chi connectivity index (χ3n) is 4.82. The van der Waals surface area contributed by atoms with Crippen LogP contribution in [0.3, 0.4) is 0 Å². The van der Waals surface area contributed by atoms with Gasteiger partial charge in [-0.25, -0.2) is 0 Å². The number of hydrogen-bond acceptors (Lipinski definition) is 3. The number of piperazine rings is 1. The van der Waals surface area contributed by atoms with Crippen LogP contribution < -0.4 is 10.2 Å². The number of rotatable bonds is 3. The maximum absolute atomic E-state index is 12.4. The van der Waals surface area contributed by atoms with Gasteiger partial charge in [0.1, 0.15) is 0 Å². The number of nitrogens with one attached hydrogen (secondary N) is 1. The highest BCUT2D eigenvalue weighted by atomic mass is 127. The molecule has 0 atom stereocenters. The fourth-order valence-corrected chi connectivity index (χ4v) is 3.87. The van der Waals surface area contributed by atoms with E-state index in [2.05, 4.69) is 32.8 Å². The van der Waals surface area contributed by atoms with Crippen molar-refractivity contribution in [3.63, 3.8) is 0 Å². The molecule has 2 aromatic rings. The molecule has 1 fully saturated rings. The van der Waals surface area contributed by atoms with Gasteiger partial charge in [-0.05, 0) is 59.0 Å². The summed E-state index contributed by atoms with van der Waals surface area (Å²) in [4.78, 5) is 29.1. The second kappa shape index (κ2) is 8.51. The molecule has 1 heterocycles. The maximum Gasteiger partial charge on any atom is 0.256 e. The molecule has 3 rings (SSSR count). The van der Waals surface area contributed by atoms with Crippen molar-refractivity contribution in [3.05, 3.63) is 57.7 Å². The number of carbonyl (C=O) groups is 2.